The van der Waals surface area contributed by atoms with Crippen LogP contribution >= 0.6 is 39.1 Å². The van der Waals surface area contributed by atoms with Crippen molar-refractivity contribution in [2.24, 2.45) is 0 Å². The Balaban J connectivity index is 1.42. The number of hydrogen-bond acceptors (Lipinski definition) is 4. The molecule has 1 aliphatic heterocycles. The van der Waals surface area contributed by atoms with Gasteiger partial charge in [0.15, 0.2) is 11.5 Å². The van der Waals surface area contributed by atoms with Crippen LogP contribution in [0.5, 0.6) is 11.5 Å². The number of methoxy groups -OCH3 is 1. The van der Waals surface area contributed by atoms with Crippen molar-refractivity contribution in [3.05, 3.63) is 80.2 Å². The number of nitrogens with one attached hydrogen (secondary N) is 1. The van der Waals surface area contributed by atoms with E-state index in [0.717, 1.165) is 45.1 Å². The summed E-state index contributed by atoms with van der Waals surface area (Å²) in [7, 11) is 1.64. The number of ether oxygens (including phenoxy) is 2. The van der Waals surface area contributed by atoms with Gasteiger partial charge in [0.2, 0.25) is 0 Å². The van der Waals surface area contributed by atoms with Gasteiger partial charge in [-0.2, -0.15) is 0 Å². The summed E-state index contributed by atoms with van der Waals surface area (Å²) in [6.07, 6.45) is 3.76. The molecule has 0 spiro atoms. The Kier molecular flexibility index (Phi) is 8.29. The summed E-state index contributed by atoms with van der Waals surface area (Å²) in [5, 5.41) is 4.93. The molecule has 0 radical (unpaired) electrons. The van der Waals surface area contributed by atoms with Gasteiger partial charge in [-0.25, -0.2) is 0 Å². The molecule has 3 aromatic carbocycles. The third-order valence-electron chi connectivity index (χ3n) is 5.74. The smallest absolute Gasteiger partial charge is 0.162 e. The Hall–Kier alpha value is -2.08. The van der Waals surface area contributed by atoms with Gasteiger partial charge in [0.25, 0.3) is 0 Å². The third-order valence-corrected chi connectivity index (χ3v) is 7.02. The summed E-state index contributed by atoms with van der Waals surface area (Å²) >= 11 is 16.3. The second-order valence-corrected chi connectivity index (χ2v) is 9.78. The largest absolute Gasteiger partial charge is 0.493 e. The molecule has 3 aromatic rings. The lowest BCUT2D eigenvalue weighted by Crippen LogP contribution is -2.29. The molecule has 0 aromatic heterocycles. The third kappa shape index (κ3) is 6.28. The lowest BCUT2D eigenvalue weighted by atomic mass is 10.1. The van der Waals surface area contributed by atoms with E-state index >= 15 is 0 Å². The van der Waals surface area contributed by atoms with Gasteiger partial charge in [-0.1, -0.05) is 51.3 Å². The average Bonchev–Trinajstić information content (AvgIpc) is 2.82. The zero-order valence-corrected chi connectivity index (χ0v) is 21.6. The van der Waals surface area contributed by atoms with Crippen LogP contribution in [0.25, 0.3) is 0 Å². The van der Waals surface area contributed by atoms with Crippen molar-refractivity contribution in [1.82, 2.24) is 0 Å². The van der Waals surface area contributed by atoms with E-state index < -0.39 is 0 Å². The molecule has 7 heteroatoms. The van der Waals surface area contributed by atoms with Gasteiger partial charge in [0.05, 0.1) is 17.8 Å². The summed E-state index contributed by atoms with van der Waals surface area (Å²) in [5.74, 6) is 1.34. The molecule has 1 saturated heterocycles. The molecule has 1 N–H and O–H groups in total. The molecule has 0 bridgehead atoms. The van der Waals surface area contributed by atoms with Crippen molar-refractivity contribution in [3.8, 4) is 11.5 Å². The highest BCUT2D eigenvalue weighted by atomic mass is 79.9. The van der Waals surface area contributed by atoms with Crippen LogP contribution in [0, 0.1) is 0 Å². The fourth-order valence-electron chi connectivity index (χ4n) is 3.98. The van der Waals surface area contributed by atoms with Crippen LogP contribution in [0.15, 0.2) is 59.1 Å². The second-order valence-electron chi connectivity index (χ2n) is 8.08. The first-order valence-corrected chi connectivity index (χ1v) is 12.6. The molecule has 1 heterocycles. The molecule has 1 aliphatic rings. The second kappa shape index (κ2) is 11.4. The number of halogens is 3. The number of piperidine rings is 1. The van der Waals surface area contributed by atoms with Gasteiger partial charge >= 0.3 is 0 Å². The van der Waals surface area contributed by atoms with Crippen LogP contribution in [0.4, 0.5) is 11.4 Å². The quantitative estimate of drug-likeness (QED) is 0.309. The zero-order valence-electron chi connectivity index (χ0n) is 18.5. The fourth-order valence-corrected chi connectivity index (χ4v) is 4.95. The molecule has 0 amide bonds. The number of hydrogen-bond donors (Lipinski definition) is 1. The van der Waals surface area contributed by atoms with Crippen molar-refractivity contribution in [3.63, 3.8) is 0 Å². The van der Waals surface area contributed by atoms with Crippen molar-refractivity contribution >= 4 is 50.5 Å². The van der Waals surface area contributed by atoms with Gasteiger partial charge in [-0.3, -0.25) is 0 Å². The highest BCUT2D eigenvalue weighted by molar-refractivity contribution is 9.10. The van der Waals surface area contributed by atoms with Gasteiger partial charge in [-0.05, 0) is 72.9 Å². The van der Waals surface area contributed by atoms with Gasteiger partial charge in [0, 0.05) is 34.8 Å². The first kappa shape index (κ1) is 24.1. The van der Waals surface area contributed by atoms with Crippen molar-refractivity contribution in [1.29, 1.82) is 0 Å². The van der Waals surface area contributed by atoms with Crippen LogP contribution in [-0.2, 0) is 13.2 Å². The lowest BCUT2D eigenvalue weighted by molar-refractivity contribution is 0.284. The standard InChI is InChI=1S/C26H27BrCl2N2O2/c1-32-25-13-19(22(27)15-26(25)33-17-18-6-5-7-20(28)12-18)16-30-21-8-9-24(23(29)14-21)31-10-3-2-4-11-31/h5-9,12-15,30H,2-4,10-11,16-17H2,1H3. The molecule has 0 aliphatic carbocycles. The maximum Gasteiger partial charge on any atom is 0.162 e. The van der Waals surface area contributed by atoms with Crippen molar-refractivity contribution in [2.45, 2.75) is 32.4 Å². The molecule has 0 saturated carbocycles. The Morgan fingerprint density at radius 2 is 1.79 bits per heavy atom. The molecular formula is C26H27BrCl2N2O2. The number of benzene rings is 3. The summed E-state index contributed by atoms with van der Waals surface area (Å²) in [5.41, 5.74) is 4.15. The van der Waals surface area contributed by atoms with E-state index in [1.54, 1.807) is 7.11 Å². The molecule has 4 nitrogen and oxygen atoms in total. The van der Waals surface area contributed by atoms with Crippen molar-refractivity contribution in [2.75, 3.05) is 30.4 Å². The molecule has 4 rings (SSSR count). The summed E-state index contributed by atoms with van der Waals surface area (Å²) in [6.45, 7) is 3.17. The fraction of sp³-hybridized carbons (Fsp3) is 0.308. The topological polar surface area (TPSA) is 33.7 Å². The van der Waals surface area contributed by atoms with E-state index in [4.69, 9.17) is 32.7 Å². The molecular weight excluding hydrogens is 523 g/mol. The van der Waals surface area contributed by atoms with E-state index in [2.05, 4.69) is 38.3 Å². The van der Waals surface area contributed by atoms with E-state index in [1.807, 2.05) is 42.5 Å². The highest BCUT2D eigenvalue weighted by Crippen LogP contribution is 2.35. The minimum Gasteiger partial charge on any atom is -0.493 e. The summed E-state index contributed by atoms with van der Waals surface area (Å²) in [4.78, 5) is 2.37. The maximum absolute atomic E-state index is 6.60. The first-order chi connectivity index (χ1) is 16.0. The van der Waals surface area contributed by atoms with Crippen LogP contribution in [-0.4, -0.2) is 20.2 Å². The number of rotatable bonds is 8. The zero-order chi connectivity index (χ0) is 23.2. The van der Waals surface area contributed by atoms with E-state index in [9.17, 15) is 0 Å². The monoisotopic (exact) mass is 548 g/mol. The SMILES string of the molecule is COc1cc(CNc2ccc(N3CCCCC3)c(Cl)c2)c(Br)cc1OCc1cccc(Cl)c1. The Morgan fingerprint density at radius 1 is 0.970 bits per heavy atom. The molecule has 0 atom stereocenters. The van der Waals surface area contributed by atoms with E-state index in [-0.39, 0.29) is 0 Å². The van der Waals surface area contributed by atoms with Crippen LogP contribution in [0.2, 0.25) is 10.0 Å². The summed E-state index contributed by atoms with van der Waals surface area (Å²) < 4.78 is 12.5. The highest BCUT2D eigenvalue weighted by Gasteiger charge is 2.15. The predicted octanol–water partition coefficient (Wildman–Crippen LogP) is 7.95. The molecule has 0 unspecified atom stereocenters. The van der Waals surface area contributed by atoms with Crippen LogP contribution < -0.4 is 19.7 Å². The minimum absolute atomic E-state index is 0.406. The number of nitrogens with zero attached hydrogens (tertiary/aromatic N) is 1. The van der Waals surface area contributed by atoms with E-state index in [1.165, 1.54) is 19.3 Å². The number of anilines is 2. The minimum atomic E-state index is 0.406. The van der Waals surface area contributed by atoms with Crippen LogP contribution in [0.1, 0.15) is 30.4 Å². The first-order valence-electron chi connectivity index (χ1n) is 11.1. The molecule has 174 valence electrons. The van der Waals surface area contributed by atoms with Gasteiger partial charge < -0.3 is 19.7 Å². The van der Waals surface area contributed by atoms with Crippen molar-refractivity contribution < 1.29 is 9.47 Å². The summed E-state index contributed by atoms with van der Waals surface area (Å²) in [6, 6.07) is 17.7. The van der Waals surface area contributed by atoms with Crippen LogP contribution in [0.3, 0.4) is 0 Å². The Morgan fingerprint density at radius 3 is 2.52 bits per heavy atom. The lowest BCUT2D eigenvalue weighted by Gasteiger charge is -2.29. The Bertz CT molecular complexity index is 1100. The average molecular weight is 550 g/mol. The maximum atomic E-state index is 6.60. The van der Waals surface area contributed by atoms with E-state index in [0.29, 0.717) is 29.7 Å². The van der Waals surface area contributed by atoms with Gasteiger partial charge in [-0.15, -0.1) is 0 Å². The molecule has 33 heavy (non-hydrogen) atoms. The predicted molar refractivity (Wildman–Crippen MR) is 141 cm³/mol. The molecule has 1 fully saturated rings. The Labute approximate surface area is 213 Å². The normalized spacial score (nSPS) is 13.6. The van der Waals surface area contributed by atoms with Gasteiger partial charge in [0.1, 0.15) is 6.61 Å².